The minimum atomic E-state index is -1.14. The lowest BCUT2D eigenvalue weighted by Crippen LogP contribution is -2.16. The van der Waals surface area contributed by atoms with Gasteiger partial charge in [0.2, 0.25) is 0 Å². The van der Waals surface area contributed by atoms with Gasteiger partial charge in [-0.3, -0.25) is 4.79 Å². The monoisotopic (exact) mass is 333 g/mol. The number of halogens is 2. The van der Waals surface area contributed by atoms with Gasteiger partial charge in [0, 0.05) is 7.05 Å². The standard InChI is InChI=1S/C11H9Cl2N3O3S/c1-4-7(11(18)19)10(20-15-4)14-9(17)6-3-5(12)8(13)16(6)2/h3H,1-2H3,(H,14,17)(H,18,19). The van der Waals surface area contributed by atoms with E-state index in [1.165, 1.54) is 10.6 Å². The van der Waals surface area contributed by atoms with Crippen LogP contribution in [0.15, 0.2) is 6.07 Å². The Bertz CT molecular complexity index is 708. The Morgan fingerprint density at radius 2 is 2.10 bits per heavy atom. The molecule has 0 spiro atoms. The molecule has 9 heteroatoms. The number of aryl methyl sites for hydroxylation is 1. The third-order valence-electron chi connectivity index (χ3n) is 2.65. The number of rotatable bonds is 3. The van der Waals surface area contributed by atoms with Crippen LogP contribution in [0.5, 0.6) is 0 Å². The van der Waals surface area contributed by atoms with E-state index in [0.29, 0.717) is 5.69 Å². The molecular formula is C11H9Cl2N3O3S. The van der Waals surface area contributed by atoms with Crippen LogP contribution in [0.25, 0.3) is 0 Å². The summed E-state index contributed by atoms with van der Waals surface area (Å²) in [5.74, 6) is -1.65. The van der Waals surface area contributed by atoms with E-state index in [1.54, 1.807) is 14.0 Å². The van der Waals surface area contributed by atoms with Crippen molar-refractivity contribution in [2.24, 2.45) is 7.05 Å². The van der Waals surface area contributed by atoms with E-state index in [9.17, 15) is 9.59 Å². The first-order chi connectivity index (χ1) is 9.32. The van der Waals surface area contributed by atoms with Crippen LogP contribution in [0, 0.1) is 6.92 Å². The summed E-state index contributed by atoms with van der Waals surface area (Å²) in [6, 6.07) is 1.41. The highest BCUT2D eigenvalue weighted by molar-refractivity contribution is 7.11. The highest BCUT2D eigenvalue weighted by Crippen LogP contribution is 2.28. The molecule has 0 saturated heterocycles. The third-order valence-corrected chi connectivity index (χ3v) is 4.35. The number of carboxylic acid groups (broad SMARTS) is 1. The molecule has 2 aromatic heterocycles. The number of aromatic nitrogens is 2. The molecule has 0 radical (unpaired) electrons. The molecule has 2 aromatic rings. The predicted molar refractivity (Wildman–Crippen MR) is 77.2 cm³/mol. The molecule has 0 aliphatic carbocycles. The van der Waals surface area contributed by atoms with Crippen molar-refractivity contribution in [3.8, 4) is 0 Å². The van der Waals surface area contributed by atoms with Gasteiger partial charge in [-0.25, -0.2) is 4.79 Å². The van der Waals surface area contributed by atoms with Crippen LogP contribution in [0.1, 0.15) is 26.5 Å². The van der Waals surface area contributed by atoms with E-state index < -0.39 is 11.9 Å². The van der Waals surface area contributed by atoms with Crippen LogP contribution >= 0.6 is 34.7 Å². The summed E-state index contributed by atoms with van der Waals surface area (Å²) >= 11 is 12.6. The molecule has 106 valence electrons. The number of hydrogen-bond acceptors (Lipinski definition) is 4. The van der Waals surface area contributed by atoms with Gasteiger partial charge in [-0.2, -0.15) is 4.37 Å². The number of nitrogens with one attached hydrogen (secondary N) is 1. The van der Waals surface area contributed by atoms with Crippen molar-refractivity contribution < 1.29 is 14.7 Å². The van der Waals surface area contributed by atoms with Crippen molar-refractivity contribution >= 4 is 51.6 Å². The van der Waals surface area contributed by atoms with Gasteiger partial charge in [-0.15, -0.1) is 0 Å². The zero-order valence-electron chi connectivity index (χ0n) is 10.4. The van der Waals surface area contributed by atoms with Gasteiger partial charge in [0.15, 0.2) is 0 Å². The Balaban J connectivity index is 2.33. The Hall–Kier alpha value is -1.57. The average Bonchev–Trinajstić information content (AvgIpc) is 2.85. The molecule has 1 amide bonds. The van der Waals surface area contributed by atoms with E-state index in [0.717, 1.165) is 11.5 Å². The molecule has 0 aromatic carbocycles. The first-order valence-corrected chi connectivity index (χ1v) is 6.87. The SMILES string of the molecule is Cc1nsc(NC(=O)c2cc(Cl)c(Cl)n2C)c1C(=O)O. The summed E-state index contributed by atoms with van der Waals surface area (Å²) in [6.45, 7) is 1.56. The second kappa shape index (κ2) is 5.43. The topological polar surface area (TPSA) is 84.2 Å². The molecule has 0 atom stereocenters. The zero-order chi connectivity index (χ0) is 15.0. The normalized spacial score (nSPS) is 10.6. The predicted octanol–water partition coefficient (Wildman–Crippen LogP) is 3.05. The first-order valence-electron chi connectivity index (χ1n) is 5.34. The number of amides is 1. The van der Waals surface area contributed by atoms with E-state index in [2.05, 4.69) is 9.69 Å². The fourth-order valence-electron chi connectivity index (χ4n) is 1.63. The summed E-state index contributed by atoms with van der Waals surface area (Å²) in [5, 5.41) is 12.3. The maximum absolute atomic E-state index is 12.1. The summed E-state index contributed by atoms with van der Waals surface area (Å²) < 4.78 is 5.33. The third kappa shape index (κ3) is 2.52. The molecule has 6 nitrogen and oxygen atoms in total. The largest absolute Gasteiger partial charge is 0.478 e. The van der Waals surface area contributed by atoms with E-state index in [-0.39, 0.29) is 26.4 Å². The van der Waals surface area contributed by atoms with E-state index >= 15 is 0 Å². The number of carboxylic acids is 1. The Morgan fingerprint density at radius 1 is 1.45 bits per heavy atom. The van der Waals surface area contributed by atoms with Gasteiger partial charge in [0.05, 0.1) is 10.7 Å². The highest BCUT2D eigenvalue weighted by Gasteiger charge is 2.22. The second-order valence-corrected chi connectivity index (χ2v) is 5.50. The Morgan fingerprint density at radius 3 is 2.60 bits per heavy atom. The van der Waals surface area contributed by atoms with Gasteiger partial charge < -0.3 is 15.0 Å². The number of nitrogens with zero attached hydrogens (tertiary/aromatic N) is 2. The van der Waals surface area contributed by atoms with E-state index in [1.807, 2.05) is 0 Å². The highest BCUT2D eigenvalue weighted by atomic mass is 35.5. The van der Waals surface area contributed by atoms with Crippen LogP contribution in [0.3, 0.4) is 0 Å². The molecule has 0 aliphatic rings. The molecule has 0 fully saturated rings. The quantitative estimate of drug-likeness (QED) is 0.904. The second-order valence-electron chi connectivity index (χ2n) is 3.96. The van der Waals surface area contributed by atoms with Crippen molar-refractivity contribution in [1.82, 2.24) is 8.94 Å². The van der Waals surface area contributed by atoms with Crippen molar-refractivity contribution in [3.63, 3.8) is 0 Å². The zero-order valence-corrected chi connectivity index (χ0v) is 12.7. The van der Waals surface area contributed by atoms with Gasteiger partial charge in [-0.05, 0) is 24.5 Å². The first kappa shape index (κ1) is 14.8. The lowest BCUT2D eigenvalue weighted by molar-refractivity contribution is 0.0697. The molecule has 0 aliphatic heterocycles. The molecule has 0 saturated carbocycles. The van der Waals surface area contributed by atoms with E-state index in [4.69, 9.17) is 28.3 Å². The number of hydrogen-bond donors (Lipinski definition) is 2. The van der Waals surface area contributed by atoms with Gasteiger partial charge in [0.25, 0.3) is 5.91 Å². The molecular weight excluding hydrogens is 325 g/mol. The van der Waals surface area contributed by atoms with Gasteiger partial charge in [0.1, 0.15) is 21.4 Å². The van der Waals surface area contributed by atoms with Crippen molar-refractivity contribution in [2.45, 2.75) is 6.92 Å². The van der Waals surface area contributed by atoms with Crippen LogP contribution < -0.4 is 5.32 Å². The summed E-state index contributed by atoms with van der Waals surface area (Å²) in [5.41, 5.74) is 0.554. The number of carbonyl (C=O) groups is 2. The summed E-state index contributed by atoms with van der Waals surface area (Å²) in [6.07, 6.45) is 0. The van der Waals surface area contributed by atoms with Crippen molar-refractivity contribution in [2.75, 3.05) is 5.32 Å². The number of carbonyl (C=O) groups excluding carboxylic acids is 1. The molecule has 0 unspecified atom stereocenters. The van der Waals surface area contributed by atoms with Crippen LogP contribution in [-0.2, 0) is 7.05 Å². The maximum Gasteiger partial charge on any atom is 0.340 e. The fourth-order valence-corrected chi connectivity index (χ4v) is 2.79. The van der Waals surface area contributed by atoms with Crippen LogP contribution in [-0.4, -0.2) is 25.9 Å². The summed E-state index contributed by atoms with van der Waals surface area (Å²) in [7, 11) is 1.58. The maximum atomic E-state index is 12.1. The number of aromatic carboxylic acids is 1. The van der Waals surface area contributed by atoms with Crippen LogP contribution in [0.2, 0.25) is 10.2 Å². The average molecular weight is 334 g/mol. The Kier molecular flexibility index (Phi) is 4.03. The van der Waals surface area contributed by atoms with Crippen molar-refractivity contribution in [1.29, 1.82) is 0 Å². The fraction of sp³-hybridized carbons (Fsp3) is 0.182. The lowest BCUT2D eigenvalue weighted by Gasteiger charge is -2.05. The van der Waals surface area contributed by atoms with Crippen molar-refractivity contribution in [3.05, 3.63) is 33.2 Å². The molecule has 2 rings (SSSR count). The smallest absolute Gasteiger partial charge is 0.340 e. The van der Waals surface area contributed by atoms with Gasteiger partial charge >= 0.3 is 5.97 Å². The molecule has 20 heavy (non-hydrogen) atoms. The molecule has 0 bridgehead atoms. The molecule has 2 N–H and O–H groups in total. The van der Waals surface area contributed by atoms with Crippen LogP contribution in [0.4, 0.5) is 5.00 Å². The Labute approximate surface area is 128 Å². The minimum absolute atomic E-state index is 0.0187. The van der Waals surface area contributed by atoms with Gasteiger partial charge in [-0.1, -0.05) is 23.2 Å². The summed E-state index contributed by atoms with van der Waals surface area (Å²) in [4.78, 5) is 23.2. The molecule has 2 heterocycles. The lowest BCUT2D eigenvalue weighted by atomic mass is 10.2. The number of anilines is 1. The minimum Gasteiger partial charge on any atom is -0.478 e.